The Morgan fingerprint density at radius 2 is 1.73 bits per heavy atom. The third kappa shape index (κ3) is 14.4. The van der Waals surface area contributed by atoms with Crippen molar-refractivity contribution >= 4 is 17.7 Å². The summed E-state index contributed by atoms with van der Waals surface area (Å²) in [6, 6.07) is 14.7. The van der Waals surface area contributed by atoms with Crippen LogP contribution in [-0.4, -0.2) is 6.88 Å². The summed E-state index contributed by atoms with van der Waals surface area (Å²) in [6.07, 6.45) is 12.0. The molecule has 0 heterocycles. The molecule has 0 nitrogen and oxygen atoms in total. The van der Waals surface area contributed by atoms with E-state index >= 15 is 0 Å². The van der Waals surface area contributed by atoms with Crippen molar-refractivity contribution in [3.63, 3.8) is 0 Å². The summed E-state index contributed by atoms with van der Waals surface area (Å²) in [7, 11) is 0. The first kappa shape index (κ1) is 23.7. The second kappa shape index (κ2) is 20.4. The maximum absolute atomic E-state index is 3.49. The minimum atomic E-state index is 1.00. The quantitative estimate of drug-likeness (QED) is 0.389. The van der Waals surface area contributed by atoms with Gasteiger partial charge in [-0.15, -0.1) is 36.1 Å². The number of hydrogen-bond donors (Lipinski definition) is 0. The van der Waals surface area contributed by atoms with Crippen LogP contribution in [-0.2, 0) is 23.3 Å². The van der Waals surface area contributed by atoms with E-state index in [1.54, 1.807) is 0 Å². The van der Waals surface area contributed by atoms with Crippen molar-refractivity contribution in [1.29, 1.82) is 0 Å². The largest absolute Gasteiger partial charge is 0.168 e. The van der Waals surface area contributed by atoms with E-state index in [0.717, 1.165) is 19.3 Å². The maximum atomic E-state index is 3.49. The van der Waals surface area contributed by atoms with E-state index in [4.69, 9.17) is 0 Å². The fraction of sp³-hybridized carbons (Fsp3) is 0.250. The first-order valence-electron chi connectivity index (χ1n) is 7.45. The monoisotopic (exact) mass is 384 g/mol. The first-order valence-corrected chi connectivity index (χ1v) is 11.6. The van der Waals surface area contributed by atoms with Gasteiger partial charge >= 0.3 is 30.2 Å². The van der Waals surface area contributed by atoms with Crippen LogP contribution in [0.15, 0.2) is 60.7 Å². The van der Waals surface area contributed by atoms with Gasteiger partial charge in [0, 0.05) is 0 Å². The van der Waals surface area contributed by atoms with Crippen LogP contribution >= 0.6 is 0 Å². The van der Waals surface area contributed by atoms with Crippen molar-refractivity contribution in [2.45, 2.75) is 33.1 Å². The van der Waals surface area contributed by atoms with Gasteiger partial charge in [-0.25, -0.2) is 12.2 Å². The van der Waals surface area contributed by atoms with E-state index < -0.39 is 0 Å². The van der Waals surface area contributed by atoms with Crippen LogP contribution in [0, 0.1) is 19.9 Å². The Bertz CT molecular complexity index is 455. The molecule has 2 aromatic carbocycles. The molecular formula is C20H26SiZr-4. The standard InChI is InChI=1S/C9H7.C5H5.2C3H7.Si.Zr/c1-2-5-9-7-3-6-8(9)4-1;1-2-4-5-3-1;2*1-3-2;;/h1-7H;1-3H,4H2;2*1,3H2,2H3;;/q4*-1;;. The minimum absolute atomic E-state index is 1.00. The molecule has 0 spiro atoms. The molecule has 1 aliphatic rings. The smallest absolute Gasteiger partial charge is 0.0809 e. The van der Waals surface area contributed by atoms with Crippen LogP contribution in [0.5, 0.6) is 0 Å². The average molecular weight is 386 g/mol. The summed E-state index contributed by atoms with van der Waals surface area (Å²) in [6.45, 7) is 14.1. The Labute approximate surface area is 154 Å². The van der Waals surface area contributed by atoms with Gasteiger partial charge in [0.25, 0.3) is 0 Å². The molecule has 2 aromatic rings. The van der Waals surface area contributed by atoms with Crippen molar-refractivity contribution in [3.05, 3.63) is 80.6 Å². The van der Waals surface area contributed by atoms with Gasteiger partial charge in [-0.05, 0) is 0 Å². The summed E-state index contributed by atoms with van der Waals surface area (Å²) >= 11 is 1.36. The van der Waals surface area contributed by atoms with E-state index in [1.807, 2.05) is 26.0 Å². The molecule has 22 heavy (non-hydrogen) atoms. The molecule has 118 valence electrons. The van der Waals surface area contributed by atoms with E-state index in [-0.39, 0.29) is 0 Å². The molecule has 3 rings (SSSR count). The van der Waals surface area contributed by atoms with Crippen LogP contribution in [0.25, 0.3) is 10.8 Å². The summed E-state index contributed by atoms with van der Waals surface area (Å²) in [5.41, 5.74) is 0. The molecule has 0 bridgehead atoms. The molecule has 2 heteroatoms. The molecule has 0 saturated carbocycles. The van der Waals surface area contributed by atoms with Crippen LogP contribution < -0.4 is 0 Å². The zero-order valence-corrected chi connectivity index (χ0v) is 17.3. The normalized spacial score (nSPS) is 9.95. The topological polar surface area (TPSA) is 0 Å². The number of rotatable bonds is 0. The van der Waals surface area contributed by atoms with Crippen LogP contribution in [0.3, 0.4) is 0 Å². The van der Waals surface area contributed by atoms with Crippen molar-refractivity contribution in [2.24, 2.45) is 0 Å². The van der Waals surface area contributed by atoms with Crippen LogP contribution in [0.2, 0.25) is 0 Å². The van der Waals surface area contributed by atoms with Crippen LogP contribution in [0.4, 0.5) is 0 Å². The number of allylic oxidation sites excluding steroid dienone is 4. The minimum Gasteiger partial charge on any atom is -0.168 e. The first-order chi connectivity index (χ1) is 10.8. The summed E-state index contributed by atoms with van der Waals surface area (Å²) in [5.74, 6) is 0. The zero-order chi connectivity index (χ0) is 17.1. The van der Waals surface area contributed by atoms with Gasteiger partial charge < -0.3 is 13.8 Å². The second-order valence-electron chi connectivity index (χ2n) is 4.16. The second-order valence-corrected chi connectivity index (χ2v) is 4.16. The van der Waals surface area contributed by atoms with Crippen molar-refractivity contribution < 1.29 is 23.3 Å². The summed E-state index contributed by atoms with van der Waals surface area (Å²) in [4.78, 5) is 0. The maximum Gasteiger partial charge on any atom is -0.0809 e. The van der Waals surface area contributed by atoms with E-state index in [0.29, 0.717) is 0 Å². The summed E-state index contributed by atoms with van der Waals surface area (Å²) in [5, 5.41) is 2.66. The Morgan fingerprint density at radius 1 is 1.14 bits per heavy atom. The fourth-order valence-electron chi connectivity index (χ4n) is 1.41. The average Bonchev–Trinajstić information content (AvgIpc) is 3.25. The SMILES string of the molecule is [C-]1=CC=CC1.[CH2-]CC.[CH2-]CC.[Si]=[Zr].c1ccc2[cH-]ccc2c1. The van der Waals surface area contributed by atoms with Crippen molar-refractivity contribution in [1.82, 2.24) is 0 Å². The third-order valence-corrected chi connectivity index (χ3v) is 2.13. The Hall–Kier alpha value is -0.590. The van der Waals surface area contributed by atoms with Gasteiger partial charge in [-0.3, -0.25) is 6.08 Å². The number of benzene rings is 1. The molecule has 0 atom stereocenters. The molecule has 0 saturated heterocycles. The summed E-state index contributed by atoms with van der Waals surface area (Å²) < 4.78 is 0. The van der Waals surface area contributed by atoms with Gasteiger partial charge in [0.1, 0.15) is 0 Å². The fourth-order valence-corrected chi connectivity index (χ4v) is 1.41. The Morgan fingerprint density at radius 3 is 2.14 bits per heavy atom. The molecule has 0 fully saturated rings. The number of hydrogen-bond acceptors (Lipinski definition) is 0. The molecule has 1 aliphatic carbocycles. The molecule has 0 aromatic heterocycles. The van der Waals surface area contributed by atoms with Gasteiger partial charge in [-0.2, -0.15) is 36.4 Å². The van der Waals surface area contributed by atoms with E-state index in [1.165, 1.54) is 34.1 Å². The van der Waals surface area contributed by atoms with Gasteiger partial charge in [0.2, 0.25) is 0 Å². The van der Waals surface area contributed by atoms with Gasteiger partial charge in [0.05, 0.1) is 0 Å². The molecule has 0 unspecified atom stereocenters. The molecule has 2 radical (unpaired) electrons. The molecule has 0 N–H and O–H groups in total. The van der Waals surface area contributed by atoms with E-state index in [9.17, 15) is 0 Å². The Balaban J connectivity index is 0. The van der Waals surface area contributed by atoms with Crippen LogP contribution in [0.1, 0.15) is 33.1 Å². The Kier molecular flexibility index (Phi) is 22.0. The van der Waals surface area contributed by atoms with E-state index in [2.05, 4.69) is 75.3 Å². The van der Waals surface area contributed by atoms with Gasteiger partial charge in [-0.1, -0.05) is 19.9 Å². The van der Waals surface area contributed by atoms with Gasteiger partial charge in [0.15, 0.2) is 0 Å². The predicted molar refractivity (Wildman–Crippen MR) is 98.2 cm³/mol. The molecular weight excluding hydrogens is 360 g/mol. The number of fused-ring (bicyclic) bond motifs is 1. The molecule has 0 amide bonds. The van der Waals surface area contributed by atoms with Crippen molar-refractivity contribution in [2.75, 3.05) is 0 Å². The predicted octanol–water partition coefficient (Wildman–Crippen LogP) is 5.94. The zero-order valence-electron chi connectivity index (χ0n) is 13.8. The third-order valence-electron chi connectivity index (χ3n) is 2.13. The molecule has 0 aliphatic heterocycles. The van der Waals surface area contributed by atoms with Crippen molar-refractivity contribution in [3.8, 4) is 0 Å².